The van der Waals surface area contributed by atoms with Crippen molar-refractivity contribution in [1.29, 1.82) is 0 Å². The van der Waals surface area contributed by atoms with Gasteiger partial charge < -0.3 is 0 Å². The largest absolute Gasteiger partial charge is 0.303 e. The molecule has 0 unspecified atom stereocenters. The highest BCUT2D eigenvalue weighted by molar-refractivity contribution is 6.02. The molecule has 1 aliphatic rings. The molecule has 0 amide bonds. The SMILES string of the molecule is O=[N+]([O-])c1ccc(N2N=C(c3ccccc3)NN2c2ccccc2)c([N+](=O)[O-])c1. The number of para-hydroxylation sites is 1. The van der Waals surface area contributed by atoms with Gasteiger partial charge in [-0.25, -0.2) is 0 Å². The zero-order valence-corrected chi connectivity index (χ0v) is 14.9. The molecule has 3 aromatic carbocycles. The summed E-state index contributed by atoms with van der Waals surface area (Å²) in [6.07, 6.45) is 0. The minimum Gasteiger partial charge on any atom is -0.259 e. The first-order chi connectivity index (χ1) is 14.0. The molecule has 0 atom stereocenters. The molecule has 10 heteroatoms. The number of amidine groups is 1. The second-order valence-electron chi connectivity index (χ2n) is 6.05. The molecular formula is C19H14N6O4. The Bertz CT molecular complexity index is 1100. The second-order valence-corrected chi connectivity index (χ2v) is 6.05. The van der Waals surface area contributed by atoms with Crippen molar-refractivity contribution in [2.75, 3.05) is 10.2 Å². The van der Waals surface area contributed by atoms with E-state index in [0.29, 0.717) is 11.5 Å². The summed E-state index contributed by atoms with van der Waals surface area (Å²) in [6.45, 7) is 0. The van der Waals surface area contributed by atoms with Gasteiger partial charge in [0.25, 0.3) is 5.69 Å². The van der Waals surface area contributed by atoms with Crippen molar-refractivity contribution in [3.63, 3.8) is 0 Å². The van der Waals surface area contributed by atoms with Gasteiger partial charge in [0.05, 0.1) is 21.6 Å². The van der Waals surface area contributed by atoms with Crippen LogP contribution in [0.2, 0.25) is 0 Å². The van der Waals surface area contributed by atoms with Crippen molar-refractivity contribution >= 4 is 28.6 Å². The van der Waals surface area contributed by atoms with Gasteiger partial charge in [0.15, 0.2) is 11.5 Å². The molecule has 0 spiro atoms. The van der Waals surface area contributed by atoms with Gasteiger partial charge in [-0.1, -0.05) is 48.5 Å². The maximum atomic E-state index is 11.6. The van der Waals surface area contributed by atoms with Gasteiger partial charge in [-0.05, 0) is 18.2 Å². The first-order valence-electron chi connectivity index (χ1n) is 8.53. The molecule has 1 N–H and O–H groups in total. The van der Waals surface area contributed by atoms with Gasteiger partial charge in [0.1, 0.15) is 0 Å². The van der Waals surface area contributed by atoms with Crippen LogP contribution in [0, 0.1) is 20.2 Å². The molecule has 0 saturated carbocycles. The van der Waals surface area contributed by atoms with E-state index in [2.05, 4.69) is 10.5 Å². The Hall–Kier alpha value is -4.47. The predicted octanol–water partition coefficient (Wildman–Crippen LogP) is 3.61. The summed E-state index contributed by atoms with van der Waals surface area (Å²) in [5, 5.41) is 30.0. The van der Waals surface area contributed by atoms with E-state index < -0.39 is 15.5 Å². The van der Waals surface area contributed by atoms with Gasteiger partial charge in [0.2, 0.25) is 0 Å². The van der Waals surface area contributed by atoms with Crippen molar-refractivity contribution in [1.82, 2.24) is 5.43 Å². The lowest BCUT2D eigenvalue weighted by atomic mass is 10.2. The average molecular weight is 390 g/mol. The van der Waals surface area contributed by atoms with Gasteiger partial charge in [-0.2, -0.15) is 5.12 Å². The molecule has 0 aromatic heterocycles. The van der Waals surface area contributed by atoms with Gasteiger partial charge in [0, 0.05) is 11.6 Å². The Labute approximate surface area is 164 Å². The third-order valence-corrected chi connectivity index (χ3v) is 4.23. The molecule has 29 heavy (non-hydrogen) atoms. The van der Waals surface area contributed by atoms with Crippen molar-refractivity contribution in [3.8, 4) is 0 Å². The number of non-ortho nitro benzene ring substituents is 1. The van der Waals surface area contributed by atoms with Crippen LogP contribution in [0.1, 0.15) is 5.56 Å². The Kier molecular flexibility index (Phi) is 4.49. The monoisotopic (exact) mass is 390 g/mol. The van der Waals surface area contributed by atoms with Crippen LogP contribution in [-0.4, -0.2) is 15.7 Å². The lowest BCUT2D eigenvalue weighted by Gasteiger charge is -2.27. The van der Waals surface area contributed by atoms with E-state index in [1.165, 1.54) is 22.4 Å². The number of hydrazine groups is 2. The van der Waals surface area contributed by atoms with E-state index in [-0.39, 0.29) is 11.4 Å². The van der Waals surface area contributed by atoms with E-state index >= 15 is 0 Å². The fraction of sp³-hybridized carbons (Fsp3) is 0. The number of hydrazone groups is 1. The first-order valence-corrected chi connectivity index (χ1v) is 8.53. The van der Waals surface area contributed by atoms with E-state index in [1.54, 1.807) is 12.1 Å². The van der Waals surface area contributed by atoms with Crippen molar-refractivity contribution in [2.24, 2.45) is 5.10 Å². The first kappa shape index (κ1) is 17.9. The Morgan fingerprint density at radius 1 is 0.828 bits per heavy atom. The molecular weight excluding hydrogens is 376 g/mol. The van der Waals surface area contributed by atoms with E-state index in [4.69, 9.17) is 0 Å². The smallest absolute Gasteiger partial charge is 0.259 e. The highest BCUT2D eigenvalue weighted by Gasteiger charge is 2.32. The zero-order valence-electron chi connectivity index (χ0n) is 14.9. The highest BCUT2D eigenvalue weighted by Crippen LogP contribution is 2.35. The maximum absolute atomic E-state index is 11.6. The molecule has 1 heterocycles. The van der Waals surface area contributed by atoms with Crippen LogP contribution < -0.4 is 15.7 Å². The molecule has 0 fully saturated rings. The quantitative estimate of drug-likeness (QED) is 0.522. The normalized spacial score (nSPS) is 13.0. The summed E-state index contributed by atoms with van der Waals surface area (Å²) in [6, 6.07) is 21.8. The van der Waals surface area contributed by atoms with Crippen molar-refractivity contribution in [2.45, 2.75) is 0 Å². The van der Waals surface area contributed by atoms with Crippen LogP contribution in [0.5, 0.6) is 0 Å². The average Bonchev–Trinajstić information content (AvgIpc) is 3.20. The van der Waals surface area contributed by atoms with Crippen LogP contribution in [0.15, 0.2) is 84.0 Å². The van der Waals surface area contributed by atoms with Gasteiger partial charge >= 0.3 is 5.69 Å². The zero-order chi connectivity index (χ0) is 20.4. The van der Waals surface area contributed by atoms with Gasteiger partial charge in [-0.3, -0.25) is 25.7 Å². The molecule has 0 bridgehead atoms. The summed E-state index contributed by atoms with van der Waals surface area (Å²) >= 11 is 0. The van der Waals surface area contributed by atoms with Crippen LogP contribution in [0.25, 0.3) is 0 Å². The van der Waals surface area contributed by atoms with Gasteiger partial charge in [-0.15, -0.1) is 10.2 Å². The summed E-state index contributed by atoms with van der Waals surface area (Å²) in [5.74, 6) is 0.474. The van der Waals surface area contributed by atoms with Crippen LogP contribution >= 0.6 is 0 Å². The fourth-order valence-electron chi connectivity index (χ4n) is 2.87. The summed E-state index contributed by atoms with van der Waals surface area (Å²) < 4.78 is 0. The molecule has 0 aliphatic carbocycles. The van der Waals surface area contributed by atoms with Crippen LogP contribution in [0.3, 0.4) is 0 Å². The Balaban J connectivity index is 1.84. The van der Waals surface area contributed by atoms with Crippen molar-refractivity contribution < 1.29 is 9.85 Å². The Morgan fingerprint density at radius 2 is 1.48 bits per heavy atom. The lowest BCUT2D eigenvalue weighted by molar-refractivity contribution is -0.393. The van der Waals surface area contributed by atoms with E-state index in [9.17, 15) is 20.2 Å². The topological polar surface area (TPSA) is 117 Å². The third kappa shape index (κ3) is 3.41. The molecule has 144 valence electrons. The number of hydrogen-bond donors (Lipinski definition) is 1. The van der Waals surface area contributed by atoms with Crippen LogP contribution in [-0.2, 0) is 0 Å². The molecule has 1 aliphatic heterocycles. The number of anilines is 2. The molecule has 4 rings (SSSR count). The molecule has 0 radical (unpaired) electrons. The second kappa shape index (κ2) is 7.27. The summed E-state index contributed by atoms with van der Waals surface area (Å²) in [5.41, 5.74) is 3.87. The number of nitro benzene ring substituents is 2. The highest BCUT2D eigenvalue weighted by atomic mass is 16.6. The Morgan fingerprint density at radius 3 is 2.10 bits per heavy atom. The molecule has 3 aromatic rings. The minimum atomic E-state index is -0.674. The number of rotatable bonds is 5. The number of benzene rings is 3. The number of nitro groups is 2. The lowest BCUT2D eigenvalue weighted by Crippen LogP contribution is -2.44. The summed E-state index contributed by atoms with van der Waals surface area (Å²) in [4.78, 5) is 21.3. The standard InChI is InChI=1S/C19H14N6O4/c26-24(27)16-11-12-17(18(13-16)25(28)29)23-21-19(14-7-3-1-4-8-14)20-22(23)15-9-5-2-6-10-15/h1-13H,(H,20,21). The third-order valence-electron chi connectivity index (χ3n) is 4.23. The number of nitrogens with zero attached hydrogens (tertiary/aromatic N) is 5. The number of hydrogen-bond acceptors (Lipinski definition) is 8. The summed E-state index contributed by atoms with van der Waals surface area (Å²) in [7, 11) is 0. The number of nitrogens with one attached hydrogen (secondary N) is 1. The minimum absolute atomic E-state index is 0.0860. The van der Waals surface area contributed by atoms with Crippen LogP contribution in [0.4, 0.5) is 22.7 Å². The van der Waals surface area contributed by atoms with E-state index in [0.717, 1.165) is 11.6 Å². The van der Waals surface area contributed by atoms with Crippen molar-refractivity contribution in [3.05, 3.63) is 105 Å². The molecule has 0 saturated heterocycles. The predicted molar refractivity (Wildman–Crippen MR) is 107 cm³/mol. The maximum Gasteiger partial charge on any atom is 0.303 e. The molecule has 10 nitrogen and oxygen atoms in total. The van der Waals surface area contributed by atoms with E-state index in [1.807, 2.05) is 48.5 Å². The fourth-order valence-corrected chi connectivity index (χ4v) is 2.87.